The zero-order valence-electron chi connectivity index (χ0n) is 9.20. The van der Waals surface area contributed by atoms with Crippen molar-refractivity contribution in [2.45, 2.75) is 32.4 Å². The van der Waals surface area contributed by atoms with Gasteiger partial charge in [0.05, 0.1) is 0 Å². The first-order chi connectivity index (χ1) is 7.13. The van der Waals surface area contributed by atoms with E-state index in [9.17, 15) is 0 Å². The first kappa shape index (κ1) is 11.6. The number of hydrogen-bond donors (Lipinski definition) is 2. The van der Waals surface area contributed by atoms with Crippen molar-refractivity contribution in [2.75, 3.05) is 0 Å². The van der Waals surface area contributed by atoms with E-state index in [-0.39, 0.29) is 6.04 Å². The minimum absolute atomic E-state index is 0.244. The summed E-state index contributed by atoms with van der Waals surface area (Å²) in [6.07, 6.45) is 5.97. The molecule has 0 aromatic heterocycles. The Balaban J connectivity index is 2.57. The number of terminal acetylenes is 1. The number of phenols is 1. The second kappa shape index (κ2) is 5.43. The maximum atomic E-state index is 9.16. The van der Waals surface area contributed by atoms with Crippen LogP contribution in [0.5, 0.6) is 5.75 Å². The number of hydrogen-bond acceptors (Lipinski definition) is 2. The molecule has 2 atom stereocenters. The zero-order chi connectivity index (χ0) is 11.3. The Kier molecular flexibility index (Phi) is 4.20. The van der Waals surface area contributed by atoms with Crippen LogP contribution in [-0.4, -0.2) is 11.1 Å². The van der Waals surface area contributed by atoms with Gasteiger partial charge in [-0.05, 0) is 31.5 Å². The predicted molar refractivity (Wildman–Crippen MR) is 62.6 cm³/mol. The van der Waals surface area contributed by atoms with Gasteiger partial charge in [0, 0.05) is 18.5 Å². The molecule has 80 valence electrons. The monoisotopic (exact) mass is 203 g/mol. The van der Waals surface area contributed by atoms with Gasteiger partial charge in [0.2, 0.25) is 0 Å². The lowest BCUT2D eigenvalue weighted by molar-refractivity contribution is 0.471. The third kappa shape index (κ3) is 3.65. The molecule has 2 nitrogen and oxygen atoms in total. The number of benzene rings is 1. The van der Waals surface area contributed by atoms with Gasteiger partial charge in [-0.15, -0.1) is 12.3 Å². The Labute approximate surface area is 91.3 Å². The molecule has 0 fully saturated rings. The van der Waals surface area contributed by atoms with Crippen LogP contribution in [0, 0.1) is 12.3 Å². The van der Waals surface area contributed by atoms with Crippen LogP contribution in [-0.2, 0) is 0 Å². The van der Waals surface area contributed by atoms with Gasteiger partial charge < -0.3 is 10.4 Å². The number of aromatic hydroxyl groups is 1. The predicted octanol–water partition coefficient (Wildman–Crippen LogP) is 2.45. The molecule has 0 spiro atoms. The van der Waals surface area contributed by atoms with Crippen LogP contribution in [0.15, 0.2) is 24.3 Å². The normalized spacial score (nSPS) is 14.2. The average Bonchev–Trinajstić information content (AvgIpc) is 2.18. The Morgan fingerprint density at radius 3 is 2.47 bits per heavy atom. The van der Waals surface area contributed by atoms with E-state index in [1.807, 2.05) is 12.1 Å². The van der Waals surface area contributed by atoms with Crippen molar-refractivity contribution in [1.82, 2.24) is 5.32 Å². The van der Waals surface area contributed by atoms with Crippen molar-refractivity contribution < 1.29 is 5.11 Å². The standard InChI is InChI=1S/C13H17NO/c1-4-5-10(2)14-11(3)12-6-8-13(15)9-7-12/h1,6-11,14-15H,5H2,2-3H3. The molecule has 0 aliphatic heterocycles. The summed E-state index contributed by atoms with van der Waals surface area (Å²) in [5.74, 6) is 2.93. The molecule has 1 rings (SSSR count). The molecule has 2 N–H and O–H groups in total. The van der Waals surface area contributed by atoms with Crippen LogP contribution in [0.1, 0.15) is 31.9 Å². The molecule has 1 aromatic rings. The number of rotatable bonds is 4. The van der Waals surface area contributed by atoms with Crippen molar-refractivity contribution >= 4 is 0 Å². The van der Waals surface area contributed by atoms with Gasteiger partial charge >= 0.3 is 0 Å². The van der Waals surface area contributed by atoms with Crippen LogP contribution >= 0.6 is 0 Å². The lowest BCUT2D eigenvalue weighted by Crippen LogP contribution is -2.28. The summed E-state index contributed by atoms with van der Waals surface area (Å²) in [6, 6.07) is 7.76. The van der Waals surface area contributed by atoms with Gasteiger partial charge in [0.25, 0.3) is 0 Å². The smallest absolute Gasteiger partial charge is 0.115 e. The fourth-order valence-electron chi connectivity index (χ4n) is 1.52. The minimum Gasteiger partial charge on any atom is -0.508 e. The third-order valence-electron chi connectivity index (χ3n) is 2.35. The van der Waals surface area contributed by atoms with E-state index >= 15 is 0 Å². The van der Waals surface area contributed by atoms with Crippen molar-refractivity contribution in [1.29, 1.82) is 0 Å². The van der Waals surface area contributed by atoms with Gasteiger partial charge in [0.1, 0.15) is 5.75 Å². The van der Waals surface area contributed by atoms with Crippen LogP contribution in [0.25, 0.3) is 0 Å². The molecule has 0 aliphatic rings. The highest BCUT2D eigenvalue weighted by molar-refractivity contribution is 5.27. The van der Waals surface area contributed by atoms with E-state index in [1.165, 1.54) is 0 Å². The highest BCUT2D eigenvalue weighted by Gasteiger charge is 2.08. The average molecular weight is 203 g/mol. The zero-order valence-corrected chi connectivity index (χ0v) is 9.20. The van der Waals surface area contributed by atoms with E-state index in [4.69, 9.17) is 11.5 Å². The first-order valence-electron chi connectivity index (χ1n) is 5.12. The summed E-state index contributed by atoms with van der Waals surface area (Å²) in [5, 5.41) is 12.5. The molecule has 1 aromatic carbocycles. The third-order valence-corrected chi connectivity index (χ3v) is 2.35. The van der Waals surface area contributed by atoms with Gasteiger partial charge in [-0.1, -0.05) is 12.1 Å². The first-order valence-corrected chi connectivity index (χ1v) is 5.12. The maximum Gasteiger partial charge on any atom is 0.115 e. The SMILES string of the molecule is C#CCC(C)NC(C)c1ccc(O)cc1. The molecule has 0 saturated heterocycles. The summed E-state index contributed by atoms with van der Waals surface area (Å²) in [6.45, 7) is 4.15. The van der Waals surface area contributed by atoms with Crippen LogP contribution in [0.3, 0.4) is 0 Å². The lowest BCUT2D eigenvalue weighted by Gasteiger charge is -2.18. The maximum absolute atomic E-state index is 9.16. The van der Waals surface area contributed by atoms with Crippen LogP contribution in [0.2, 0.25) is 0 Å². The van der Waals surface area contributed by atoms with E-state index in [1.54, 1.807) is 12.1 Å². The Hall–Kier alpha value is -1.46. The second-order valence-electron chi connectivity index (χ2n) is 3.79. The van der Waals surface area contributed by atoms with Gasteiger partial charge in [-0.25, -0.2) is 0 Å². The minimum atomic E-state index is 0.244. The topological polar surface area (TPSA) is 32.3 Å². The number of phenolic OH excluding ortho intramolecular Hbond substituents is 1. The fourth-order valence-corrected chi connectivity index (χ4v) is 1.52. The summed E-state index contributed by atoms with van der Waals surface area (Å²) >= 11 is 0. The van der Waals surface area contributed by atoms with Crippen molar-refractivity contribution in [2.24, 2.45) is 0 Å². The summed E-state index contributed by atoms with van der Waals surface area (Å²) < 4.78 is 0. The molecule has 0 radical (unpaired) electrons. The Morgan fingerprint density at radius 1 is 1.33 bits per heavy atom. The lowest BCUT2D eigenvalue weighted by atomic mass is 10.1. The van der Waals surface area contributed by atoms with E-state index in [0.717, 1.165) is 12.0 Å². The highest BCUT2D eigenvalue weighted by Crippen LogP contribution is 2.16. The Bertz CT molecular complexity index is 337. The van der Waals surface area contributed by atoms with Gasteiger partial charge in [0.15, 0.2) is 0 Å². The van der Waals surface area contributed by atoms with Crippen molar-refractivity contribution in [3.05, 3.63) is 29.8 Å². The quantitative estimate of drug-likeness (QED) is 0.737. The molecular weight excluding hydrogens is 186 g/mol. The summed E-state index contributed by atoms with van der Waals surface area (Å²) in [4.78, 5) is 0. The van der Waals surface area contributed by atoms with E-state index in [2.05, 4.69) is 25.1 Å². The molecular formula is C13H17NO. The van der Waals surface area contributed by atoms with Crippen molar-refractivity contribution in [3.8, 4) is 18.1 Å². The fraction of sp³-hybridized carbons (Fsp3) is 0.385. The molecule has 0 amide bonds. The highest BCUT2D eigenvalue weighted by atomic mass is 16.3. The van der Waals surface area contributed by atoms with Crippen molar-refractivity contribution in [3.63, 3.8) is 0 Å². The van der Waals surface area contributed by atoms with Crippen LogP contribution < -0.4 is 5.32 Å². The van der Waals surface area contributed by atoms with E-state index in [0.29, 0.717) is 11.8 Å². The Morgan fingerprint density at radius 2 is 1.93 bits per heavy atom. The number of nitrogens with one attached hydrogen (secondary N) is 1. The molecule has 0 bridgehead atoms. The molecule has 0 aliphatic carbocycles. The second-order valence-corrected chi connectivity index (χ2v) is 3.79. The summed E-state index contributed by atoms with van der Waals surface area (Å²) in [7, 11) is 0. The molecule has 0 saturated carbocycles. The van der Waals surface area contributed by atoms with Crippen LogP contribution in [0.4, 0.5) is 0 Å². The molecule has 15 heavy (non-hydrogen) atoms. The summed E-state index contributed by atoms with van der Waals surface area (Å²) in [5.41, 5.74) is 1.15. The molecule has 0 heterocycles. The van der Waals surface area contributed by atoms with Gasteiger partial charge in [-0.3, -0.25) is 0 Å². The molecule has 2 unspecified atom stereocenters. The largest absolute Gasteiger partial charge is 0.508 e. The molecule has 2 heteroatoms. The van der Waals surface area contributed by atoms with Gasteiger partial charge in [-0.2, -0.15) is 0 Å². The van der Waals surface area contributed by atoms with E-state index < -0.39 is 0 Å².